The highest BCUT2D eigenvalue weighted by atomic mass is 35.5. The predicted molar refractivity (Wildman–Crippen MR) is 108 cm³/mol. The summed E-state index contributed by atoms with van der Waals surface area (Å²) in [5, 5.41) is 7.09. The number of carbonyl (C=O) groups excluding carboxylic acids is 1. The van der Waals surface area contributed by atoms with Crippen LogP contribution >= 0.6 is 11.6 Å². The molecule has 1 unspecified atom stereocenters. The molecule has 1 aromatic heterocycles. The average Bonchev–Trinajstić information content (AvgIpc) is 3.18. The van der Waals surface area contributed by atoms with Crippen molar-refractivity contribution < 1.29 is 4.79 Å². The molecule has 2 heterocycles. The summed E-state index contributed by atoms with van der Waals surface area (Å²) in [7, 11) is 0. The van der Waals surface area contributed by atoms with E-state index in [2.05, 4.69) is 20.6 Å². The first-order valence-electron chi connectivity index (χ1n) is 9.41. The fourth-order valence-electron chi connectivity index (χ4n) is 4.27. The van der Waals surface area contributed by atoms with Crippen LogP contribution in [0.2, 0.25) is 5.02 Å². The summed E-state index contributed by atoms with van der Waals surface area (Å²) >= 11 is 6.20. The molecule has 3 aromatic rings. The van der Waals surface area contributed by atoms with Crippen LogP contribution in [0.4, 0.5) is 5.69 Å². The number of nitrogens with zero attached hydrogens (tertiary/aromatic N) is 1. The molecule has 3 N–H and O–H groups in total. The number of amides is 1. The van der Waals surface area contributed by atoms with E-state index in [1.54, 1.807) is 0 Å². The van der Waals surface area contributed by atoms with E-state index in [4.69, 9.17) is 11.6 Å². The molecule has 2 aromatic carbocycles. The first kappa shape index (κ1) is 16.8. The Morgan fingerprint density at radius 3 is 2.67 bits per heavy atom. The molecule has 1 atom stereocenters. The highest BCUT2D eigenvalue weighted by Crippen LogP contribution is 2.58. The highest BCUT2D eigenvalue weighted by molar-refractivity contribution is 6.35. The number of carbonyl (C=O) groups is 1. The largest absolute Gasteiger partial charge is 0.338 e. The van der Waals surface area contributed by atoms with Crippen molar-refractivity contribution in [1.29, 1.82) is 0 Å². The van der Waals surface area contributed by atoms with Crippen molar-refractivity contribution in [3.63, 3.8) is 0 Å². The van der Waals surface area contributed by atoms with Crippen LogP contribution in [-0.4, -0.2) is 29.0 Å². The van der Waals surface area contributed by atoms with Crippen LogP contribution in [0.1, 0.15) is 19.3 Å². The zero-order chi connectivity index (χ0) is 18.4. The van der Waals surface area contributed by atoms with Crippen LogP contribution in [0.15, 0.2) is 42.5 Å². The Bertz CT molecular complexity index is 1000. The molecule has 0 bridgehead atoms. The van der Waals surface area contributed by atoms with Crippen molar-refractivity contribution in [3.8, 4) is 11.4 Å². The van der Waals surface area contributed by atoms with Gasteiger partial charge < -0.3 is 15.6 Å². The van der Waals surface area contributed by atoms with Crippen LogP contribution in [0, 0.1) is 11.3 Å². The van der Waals surface area contributed by atoms with E-state index in [0.717, 1.165) is 60.5 Å². The summed E-state index contributed by atoms with van der Waals surface area (Å²) in [5.41, 5.74) is 3.72. The second kappa shape index (κ2) is 6.36. The number of H-pyrrole nitrogens is 1. The van der Waals surface area contributed by atoms with Gasteiger partial charge in [0.15, 0.2) is 0 Å². The standard InChI is InChI=1S/C21H21ClN4O/c22-16-2-1-3-17-18(16)26-19(25-17)13-4-6-14(7-5-13)24-20(27)15-12-21(15)8-10-23-11-9-21/h1-7,15,23H,8-12H2,(H,24,27)(H,25,26). The zero-order valence-corrected chi connectivity index (χ0v) is 15.6. The van der Waals surface area contributed by atoms with Gasteiger partial charge in [-0.2, -0.15) is 0 Å². The lowest BCUT2D eigenvalue weighted by molar-refractivity contribution is -0.118. The highest BCUT2D eigenvalue weighted by Gasteiger charge is 2.57. The van der Waals surface area contributed by atoms with Gasteiger partial charge in [-0.3, -0.25) is 4.79 Å². The van der Waals surface area contributed by atoms with Gasteiger partial charge in [-0.1, -0.05) is 17.7 Å². The summed E-state index contributed by atoms with van der Waals surface area (Å²) in [4.78, 5) is 20.5. The monoisotopic (exact) mass is 380 g/mol. The zero-order valence-electron chi connectivity index (χ0n) is 14.9. The molecule has 2 fully saturated rings. The topological polar surface area (TPSA) is 69.8 Å². The number of para-hydroxylation sites is 1. The fraction of sp³-hybridized carbons (Fsp3) is 0.333. The van der Waals surface area contributed by atoms with E-state index in [1.807, 2.05) is 42.5 Å². The first-order valence-corrected chi connectivity index (χ1v) is 9.79. The normalized spacial score (nSPS) is 20.7. The number of aromatic nitrogens is 2. The lowest BCUT2D eigenvalue weighted by Gasteiger charge is -2.23. The van der Waals surface area contributed by atoms with Crippen molar-refractivity contribution in [1.82, 2.24) is 15.3 Å². The number of benzene rings is 2. The van der Waals surface area contributed by atoms with Crippen LogP contribution in [0.25, 0.3) is 22.4 Å². The Morgan fingerprint density at radius 1 is 1.15 bits per heavy atom. The van der Waals surface area contributed by atoms with Crippen molar-refractivity contribution in [2.24, 2.45) is 11.3 Å². The molecule has 1 amide bonds. The van der Waals surface area contributed by atoms with E-state index in [0.29, 0.717) is 5.02 Å². The molecular formula is C21H21ClN4O. The number of aromatic amines is 1. The fourth-order valence-corrected chi connectivity index (χ4v) is 4.49. The summed E-state index contributed by atoms with van der Waals surface area (Å²) in [6.07, 6.45) is 3.25. The minimum absolute atomic E-state index is 0.153. The lowest BCUT2D eigenvalue weighted by atomic mass is 9.92. The average molecular weight is 381 g/mol. The number of hydrogen-bond donors (Lipinski definition) is 3. The van der Waals surface area contributed by atoms with Gasteiger partial charge >= 0.3 is 0 Å². The molecule has 1 saturated carbocycles. The number of fused-ring (bicyclic) bond motifs is 1. The Hall–Kier alpha value is -2.37. The molecule has 5 nitrogen and oxygen atoms in total. The van der Waals surface area contributed by atoms with Gasteiger partial charge in [0.25, 0.3) is 0 Å². The molecule has 1 spiro atoms. The molecule has 1 aliphatic carbocycles. The van der Waals surface area contributed by atoms with Gasteiger partial charge in [0.1, 0.15) is 11.3 Å². The number of anilines is 1. The van der Waals surface area contributed by atoms with Crippen molar-refractivity contribution >= 4 is 34.2 Å². The summed E-state index contributed by atoms with van der Waals surface area (Å²) in [5.74, 6) is 1.09. The molecule has 1 aliphatic heterocycles. The number of imidazole rings is 1. The van der Waals surface area contributed by atoms with Gasteiger partial charge in [-0.15, -0.1) is 0 Å². The van der Waals surface area contributed by atoms with Gasteiger partial charge in [-0.05, 0) is 74.2 Å². The third-order valence-corrected chi connectivity index (χ3v) is 6.30. The Balaban J connectivity index is 1.30. The molecule has 1 saturated heterocycles. The van der Waals surface area contributed by atoms with E-state index in [-0.39, 0.29) is 17.2 Å². The Kier molecular flexibility index (Phi) is 3.95. The lowest BCUT2D eigenvalue weighted by Crippen LogP contribution is -2.31. The number of nitrogens with one attached hydrogen (secondary N) is 3. The van der Waals surface area contributed by atoms with Gasteiger partial charge in [0, 0.05) is 17.2 Å². The van der Waals surface area contributed by atoms with Crippen molar-refractivity contribution in [2.75, 3.05) is 18.4 Å². The third kappa shape index (κ3) is 3.01. The minimum atomic E-state index is 0.153. The number of halogens is 1. The molecule has 2 aliphatic rings. The summed E-state index contributed by atoms with van der Waals surface area (Å²) in [6, 6.07) is 13.5. The van der Waals surface area contributed by atoms with E-state index in [1.165, 1.54) is 0 Å². The Morgan fingerprint density at radius 2 is 1.93 bits per heavy atom. The number of rotatable bonds is 3. The van der Waals surface area contributed by atoms with Crippen LogP contribution in [0.5, 0.6) is 0 Å². The molecule has 27 heavy (non-hydrogen) atoms. The quantitative estimate of drug-likeness (QED) is 0.637. The van der Waals surface area contributed by atoms with E-state index < -0.39 is 0 Å². The van der Waals surface area contributed by atoms with Gasteiger partial charge in [0.05, 0.1) is 10.5 Å². The molecule has 6 heteroatoms. The Labute approximate surface area is 162 Å². The van der Waals surface area contributed by atoms with Crippen LogP contribution in [0.3, 0.4) is 0 Å². The predicted octanol–water partition coefficient (Wildman–Crippen LogP) is 4.21. The molecular weight excluding hydrogens is 360 g/mol. The first-order chi connectivity index (χ1) is 13.1. The second-order valence-electron chi connectivity index (χ2n) is 7.66. The second-order valence-corrected chi connectivity index (χ2v) is 8.06. The third-order valence-electron chi connectivity index (χ3n) is 5.99. The van der Waals surface area contributed by atoms with Gasteiger partial charge in [0.2, 0.25) is 5.91 Å². The molecule has 5 rings (SSSR count). The number of hydrogen-bond acceptors (Lipinski definition) is 3. The minimum Gasteiger partial charge on any atom is -0.338 e. The van der Waals surface area contributed by atoms with Crippen molar-refractivity contribution in [2.45, 2.75) is 19.3 Å². The van der Waals surface area contributed by atoms with Gasteiger partial charge in [-0.25, -0.2) is 4.98 Å². The smallest absolute Gasteiger partial charge is 0.228 e. The van der Waals surface area contributed by atoms with Crippen LogP contribution < -0.4 is 10.6 Å². The van der Waals surface area contributed by atoms with Crippen molar-refractivity contribution in [3.05, 3.63) is 47.5 Å². The number of piperidine rings is 1. The maximum absolute atomic E-state index is 12.6. The van der Waals surface area contributed by atoms with E-state index in [9.17, 15) is 4.79 Å². The van der Waals surface area contributed by atoms with E-state index >= 15 is 0 Å². The molecule has 138 valence electrons. The summed E-state index contributed by atoms with van der Waals surface area (Å²) < 4.78 is 0. The maximum Gasteiger partial charge on any atom is 0.228 e. The SMILES string of the molecule is O=C(Nc1ccc(-c2nc3c(Cl)cccc3[nH]2)cc1)C1CC12CCNCC2. The maximum atomic E-state index is 12.6. The van der Waals surface area contributed by atoms with Crippen LogP contribution in [-0.2, 0) is 4.79 Å². The summed E-state index contributed by atoms with van der Waals surface area (Å²) in [6.45, 7) is 2.06. The molecule has 0 radical (unpaired) electrons.